The summed E-state index contributed by atoms with van der Waals surface area (Å²) in [6.45, 7) is 5.79. The number of hydrogen-bond acceptors (Lipinski definition) is 3. The summed E-state index contributed by atoms with van der Waals surface area (Å²) < 4.78 is 5.00. The molecule has 0 aromatic heterocycles. The maximum Gasteiger partial charge on any atom is 0.334 e. The fourth-order valence-corrected chi connectivity index (χ4v) is 3.04. The van der Waals surface area contributed by atoms with Crippen molar-refractivity contribution >= 4 is 11.9 Å². The van der Waals surface area contributed by atoms with Crippen LogP contribution in [0.25, 0.3) is 0 Å². The molecule has 2 rings (SSSR count). The quantitative estimate of drug-likeness (QED) is 0.894. The third kappa shape index (κ3) is 2.61. The van der Waals surface area contributed by atoms with Gasteiger partial charge in [-0.15, -0.1) is 0 Å². The number of amides is 1. The molecule has 0 radical (unpaired) electrons. The molecule has 2 atom stereocenters. The number of carboxylic acid groups (broad SMARTS) is 1. The van der Waals surface area contributed by atoms with Gasteiger partial charge in [-0.3, -0.25) is 4.79 Å². The number of methoxy groups -OCH3 is 1. The molecule has 1 aliphatic rings. The molecule has 1 aromatic carbocycles. The molecule has 1 aliphatic carbocycles. The lowest BCUT2D eigenvalue weighted by Gasteiger charge is -2.43. The molecule has 1 amide bonds. The van der Waals surface area contributed by atoms with Gasteiger partial charge in [0.05, 0.1) is 0 Å². The van der Waals surface area contributed by atoms with Crippen molar-refractivity contribution in [3.8, 4) is 0 Å². The predicted molar refractivity (Wildman–Crippen MR) is 82.6 cm³/mol. The molecule has 120 valence electrons. The third-order valence-electron chi connectivity index (χ3n) is 4.67. The lowest BCUT2D eigenvalue weighted by Crippen LogP contribution is -2.57. The number of carboxylic acids is 1. The van der Waals surface area contributed by atoms with E-state index in [4.69, 9.17) is 4.74 Å². The molecule has 2 N–H and O–H groups in total. The zero-order valence-electron chi connectivity index (χ0n) is 13.5. The van der Waals surface area contributed by atoms with Gasteiger partial charge in [-0.25, -0.2) is 4.79 Å². The van der Waals surface area contributed by atoms with E-state index >= 15 is 0 Å². The van der Waals surface area contributed by atoms with Gasteiger partial charge in [0.15, 0.2) is 5.54 Å². The highest BCUT2D eigenvalue weighted by molar-refractivity contribution is 5.90. The van der Waals surface area contributed by atoms with E-state index < -0.39 is 23.5 Å². The van der Waals surface area contributed by atoms with Crippen LogP contribution in [0.5, 0.6) is 0 Å². The first-order chi connectivity index (χ1) is 10.2. The number of rotatable bonds is 4. The Morgan fingerprint density at radius 3 is 2.36 bits per heavy atom. The molecule has 22 heavy (non-hydrogen) atoms. The van der Waals surface area contributed by atoms with E-state index in [0.29, 0.717) is 18.4 Å². The SMILES string of the molecule is COC(C)C(=O)NC1(C(=O)O)CCC(C)(C)c2ccccc21. The summed E-state index contributed by atoms with van der Waals surface area (Å²) in [5.41, 5.74) is 0.118. The second-order valence-corrected chi connectivity index (χ2v) is 6.51. The number of benzene rings is 1. The topological polar surface area (TPSA) is 75.6 Å². The second kappa shape index (κ2) is 5.72. The van der Waals surface area contributed by atoms with Gasteiger partial charge in [0, 0.05) is 7.11 Å². The van der Waals surface area contributed by atoms with E-state index in [1.165, 1.54) is 7.11 Å². The lowest BCUT2D eigenvalue weighted by atomic mass is 9.65. The van der Waals surface area contributed by atoms with Crippen LogP contribution in [0.15, 0.2) is 24.3 Å². The summed E-state index contributed by atoms with van der Waals surface area (Å²) in [7, 11) is 1.43. The van der Waals surface area contributed by atoms with Crippen molar-refractivity contribution in [2.45, 2.75) is 50.7 Å². The minimum absolute atomic E-state index is 0.118. The Bertz CT molecular complexity index is 596. The molecule has 0 saturated carbocycles. The number of aliphatic carboxylic acids is 1. The second-order valence-electron chi connectivity index (χ2n) is 6.51. The van der Waals surface area contributed by atoms with E-state index in [-0.39, 0.29) is 5.41 Å². The summed E-state index contributed by atoms with van der Waals surface area (Å²) in [6, 6.07) is 7.45. The molecule has 0 spiro atoms. The van der Waals surface area contributed by atoms with Crippen LogP contribution in [0, 0.1) is 0 Å². The molecular formula is C17H23NO4. The average Bonchev–Trinajstić information content (AvgIpc) is 2.49. The van der Waals surface area contributed by atoms with Crippen molar-refractivity contribution in [2.24, 2.45) is 0 Å². The minimum Gasteiger partial charge on any atom is -0.479 e. The van der Waals surface area contributed by atoms with E-state index in [0.717, 1.165) is 5.56 Å². The summed E-state index contributed by atoms with van der Waals surface area (Å²) in [6.07, 6.45) is 0.338. The van der Waals surface area contributed by atoms with Gasteiger partial charge in [-0.1, -0.05) is 38.1 Å². The monoisotopic (exact) mass is 305 g/mol. The molecule has 0 fully saturated rings. The number of nitrogens with one attached hydrogen (secondary N) is 1. The van der Waals surface area contributed by atoms with E-state index in [1.54, 1.807) is 13.0 Å². The number of ether oxygens (including phenoxy) is 1. The average molecular weight is 305 g/mol. The van der Waals surface area contributed by atoms with E-state index in [9.17, 15) is 14.7 Å². The normalized spacial score (nSPS) is 24.2. The Morgan fingerprint density at radius 2 is 1.82 bits per heavy atom. The van der Waals surface area contributed by atoms with Crippen LogP contribution in [0.4, 0.5) is 0 Å². The number of carbonyl (C=O) groups is 2. The standard InChI is InChI=1S/C17H23NO4/c1-11(22-4)14(19)18-17(15(20)21)10-9-16(2,3)12-7-5-6-8-13(12)17/h5-8,11H,9-10H2,1-4H3,(H,18,19)(H,20,21). The summed E-state index contributed by atoms with van der Waals surface area (Å²) in [5.74, 6) is -1.45. The smallest absolute Gasteiger partial charge is 0.334 e. The molecule has 1 aromatic rings. The Kier molecular flexibility index (Phi) is 4.29. The molecule has 2 unspecified atom stereocenters. The molecule has 0 aliphatic heterocycles. The van der Waals surface area contributed by atoms with Crippen molar-refractivity contribution < 1.29 is 19.4 Å². The van der Waals surface area contributed by atoms with Crippen LogP contribution in [0.3, 0.4) is 0 Å². The van der Waals surface area contributed by atoms with Gasteiger partial charge < -0.3 is 15.2 Å². The van der Waals surface area contributed by atoms with Gasteiger partial charge in [-0.05, 0) is 36.3 Å². The van der Waals surface area contributed by atoms with Crippen LogP contribution < -0.4 is 5.32 Å². The van der Waals surface area contributed by atoms with Gasteiger partial charge >= 0.3 is 5.97 Å². The summed E-state index contributed by atoms with van der Waals surface area (Å²) in [5, 5.41) is 12.6. The Morgan fingerprint density at radius 1 is 1.23 bits per heavy atom. The summed E-state index contributed by atoms with van der Waals surface area (Å²) >= 11 is 0. The zero-order valence-corrected chi connectivity index (χ0v) is 13.5. The van der Waals surface area contributed by atoms with Crippen molar-refractivity contribution in [1.29, 1.82) is 0 Å². The summed E-state index contributed by atoms with van der Waals surface area (Å²) in [4.78, 5) is 24.3. The van der Waals surface area contributed by atoms with Gasteiger partial charge in [0.25, 0.3) is 0 Å². The van der Waals surface area contributed by atoms with Gasteiger partial charge in [0.2, 0.25) is 5.91 Å². The molecule has 0 saturated heterocycles. The van der Waals surface area contributed by atoms with Crippen LogP contribution in [-0.4, -0.2) is 30.2 Å². The maximum atomic E-state index is 12.2. The number of fused-ring (bicyclic) bond motifs is 1. The number of hydrogen-bond donors (Lipinski definition) is 2. The third-order valence-corrected chi connectivity index (χ3v) is 4.67. The Labute approximate surface area is 130 Å². The maximum absolute atomic E-state index is 12.2. The lowest BCUT2D eigenvalue weighted by molar-refractivity contribution is -0.151. The molecule has 0 heterocycles. The number of carbonyl (C=O) groups excluding carboxylic acids is 1. The minimum atomic E-state index is -1.39. The fourth-order valence-electron chi connectivity index (χ4n) is 3.04. The fraction of sp³-hybridized carbons (Fsp3) is 0.529. The van der Waals surface area contributed by atoms with E-state index in [2.05, 4.69) is 19.2 Å². The van der Waals surface area contributed by atoms with Crippen LogP contribution in [0.1, 0.15) is 44.7 Å². The highest BCUT2D eigenvalue weighted by Gasteiger charge is 2.49. The van der Waals surface area contributed by atoms with Crippen molar-refractivity contribution in [1.82, 2.24) is 5.32 Å². The largest absolute Gasteiger partial charge is 0.479 e. The molecule has 0 bridgehead atoms. The van der Waals surface area contributed by atoms with Crippen LogP contribution in [0.2, 0.25) is 0 Å². The van der Waals surface area contributed by atoms with E-state index in [1.807, 2.05) is 18.2 Å². The Balaban J connectivity index is 2.53. The van der Waals surface area contributed by atoms with Crippen LogP contribution >= 0.6 is 0 Å². The molecule has 5 nitrogen and oxygen atoms in total. The zero-order chi connectivity index (χ0) is 16.5. The van der Waals surface area contributed by atoms with Gasteiger partial charge in [-0.2, -0.15) is 0 Å². The van der Waals surface area contributed by atoms with Crippen molar-refractivity contribution in [3.05, 3.63) is 35.4 Å². The van der Waals surface area contributed by atoms with Crippen molar-refractivity contribution in [2.75, 3.05) is 7.11 Å². The van der Waals surface area contributed by atoms with Crippen LogP contribution in [-0.2, 0) is 25.3 Å². The molecule has 5 heteroatoms. The first-order valence-electron chi connectivity index (χ1n) is 7.43. The molecular weight excluding hydrogens is 282 g/mol. The first-order valence-corrected chi connectivity index (χ1v) is 7.43. The predicted octanol–water partition coefficient (Wildman–Crippen LogP) is 2.19. The van der Waals surface area contributed by atoms with Gasteiger partial charge in [0.1, 0.15) is 6.10 Å². The highest BCUT2D eigenvalue weighted by atomic mass is 16.5. The Hall–Kier alpha value is -1.88. The van der Waals surface area contributed by atoms with Crippen molar-refractivity contribution in [3.63, 3.8) is 0 Å². The first kappa shape index (κ1) is 16.5. The highest BCUT2D eigenvalue weighted by Crippen LogP contribution is 2.44.